The first-order valence-electron chi connectivity index (χ1n) is 10.9. The first kappa shape index (κ1) is 28.9. The minimum absolute atomic E-state index is 0.0379. The first-order valence-corrected chi connectivity index (χ1v) is 11.7. The van der Waals surface area contributed by atoms with E-state index in [1.807, 2.05) is 11.8 Å². The van der Waals surface area contributed by atoms with Crippen LogP contribution in [0, 0.1) is 0 Å². The number of anilines is 1. The van der Waals surface area contributed by atoms with Crippen LogP contribution in [0.2, 0.25) is 10.3 Å². The molecule has 8 nitrogen and oxygen atoms in total. The molecule has 2 heterocycles. The Balaban J connectivity index is 2.04. The Kier molecular flexibility index (Phi) is 8.54. The van der Waals surface area contributed by atoms with Gasteiger partial charge in [0.25, 0.3) is 0 Å². The Morgan fingerprint density at radius 2 is 1.73 bits per heavy atom. The lowest BCUT2D eigenvalue weighted by Crippen LogP contribution is -2.47. The maximum Gasteiger partial charge on any atom is 0.416 e. The number of aromatic nitrogens is 2. The maximum atomic E-state index is 13.4. The summed E-state index contributed by atoms with van der Waals surface area (Å²) in [6.07, 6.45) is -7.59. The molecule has 2 atom stereocenters. The van der Waals surface area contributed by atoms with Crippen molar-refractivity contribution in [3.8, 4) is 0 Å². The molecule has 0 amide bonds. The van der Waals surface area contributed by atoms with E-state index in [4.69, 9.17) is 34.8 Å². The molecule has 2 aromatic rings. The van der Waals surface area contributed by atoms with E-state index < -0.39 is 36.1 Å². The van der Waals surface area contributed by atoms with Crippen molar-refractivity contribution in [3.63, 3.8) is 0 Å². The van der Waals surface area contributed by atoms with Gasteiger partial charge in [-0.3, -0.25) is 0 Å². The van der Waals surface area contributed by atoms with Crippen LogP contribution in [0.4, 0.5) is 32.2 Å². The summed E-state index contributed by atoms with van der Waals surface area (Å²) in [7, 11) is 1.37. The fraction of sp³-hybridized carbons (Fsp3) is 0.476. The van der Waals surface area contributed by atoms with E-state index in [0.29, 0.717) is 30.8 Å². The number of hydrazine groups is 1. The minimum Gasteiger partial charge on any atom is -0.368 e. The highest BCUT2D eigenvalue weighted by atomic mass is 35.5. The van der Waals surface area contributed by atoms with Gasteiger partial charge in [-0.25, -0.2) is 15.9 Å². The Bertz CT molecular complexity index is 1110. The van der Waals surface area contributed by atoms with Crippen LogP contribution in [-0.2, 0) is 18.9 Å². The molecular formula is C21H24Cl2F6N8. The van der Waals surface area contributed by atoms with E-state index in [1.165, 1.54) is 18.1 Å². The van der Waals surface area contributed by atoms with Gasteiger partial charge in [-0.15, -0.1) is 5.10 Å². The predicted molar refractivity (Wildman–Crippen MR) is 127 cm³/mol. The van der Waals surface area contributed by atoms with Crippen molar-refractivity contribution in [1.82, 2.24) is 20.0 Å². The van der Waals surface area contributed by atoms with Gasteiger partial charge in [-0.05, 0) is 48.2 Å². The molecular weight excluding hydrogens is 549 g/mol. The third-order valence-electron chi connectivity index (χ3n) is 5.83. The van der Waals surface area contributed by atoms with Crippen LogP contribution in [0.25, 0.3) is 0 Å². The monoisotopic (exact) mass is 572 g/mol. The van der Waals surface area contributed by atoms with E-state index >= 15 is 0 Å². The number of hydrogen-bond donors (Lipinski definition) is 2. The van der Waals surface area contributed by atoms with Crippen molar-refractivity contribution in [2.45, 2.75) is 50.7 Å². The molecule has 0 saturated carbocycles. The van der Waals surface area contributed by atoms with Crippen LogP contribution in [0.5, 0.6) is 0 Å². The number of rotatable bonds is 6. The molecule has 1 aliphatic heterocycles. The summed E-state index contributed by atoms with van der Waals surface area (Å²) in [6.45, 7) is 1.74. The molecule has 0 aliphatic carbocycles. The molecule has 204 valence electrons. The van der Waals surface area contributed by atoms with E-state index in [0.717, 1.165) is 5.12 Å². The molecule has 3 rings (SSSR count). The number of hydrazone groups is 1. The molecule has 1 aromatic carbocycles. The van der Waals surface area contributed by atoms with Crippen molar-refractivity contribution < 1.29 is 26.3 Å². The van der Waals surface area contributed by atoms with E-state index in [2.05, 4.69) is 15.1 Å². The summed E-state index contributed by atoms with van der Waals surface area (Å²) < 4.78 is 80.5. The topological polar surface area (TPSA) is 99.9 Å². The molecule has 0 bridgehead atoms. The fourth-order valence-corrected chi connectivity index (χ4v) is 4.55. The van der Waals surface area contributed by atoms with Gasteiger partial charge >= 0.3 is 12.4 Å². The predicted octanol–water partition coefficient (Wildman–Crippen LogP) is 4.72. The van der Waals surface area contributed by atoms with Crippen LogP contribution in [0.15, 0.2) is 29.5 Å². The Morgan fingerprint density at radius 3 is 2.24 bits per heavy atom. The number of hydrogen-bond acceptors (Lipinski definition) is 6. The standard InChI is InChI=1S/C21H24Cl2F6N8/c1-3-14-7-15(10-36(14)17-16(22)8-32-18(23)33-17)37(19(30)34-35(2)31)9-11-4-12(20(24,25)26)6-13(5-11)21(27,28)29/h4-6,8,14-15H,3,7,9-10,31H2,1-2H3,(H2,30,34)/t14-,15+/m1/s1. The number of nitrogens with zero attached hydrogens (tertiary/aromatic N) is 6. The number of guanidine groups is 1. The molecule has 1 fully saturated rings. The molecule has 1 aliphatic rings. The first-order chi connectivity index (χ1) is 17.1. The normalized spacial score (nSPS) is 18.9. The van der Waals surface area contributed by atoms with Gasteiger partial charge in [0.15, 0.2) is 5.82 Å². The highest BCUT2D eigenvalue weighted by molar-refractivity contribution is 6.33. The number of halogens is 8. The van der Waals surface area contributed by atoms with Gasteiger partial charge in [0.05, 0.1) is 23.4 Å². The average Bonchev–Trinajstić information content (AvgIpc) is 3.21. The number of alkyl halides is 6. The third kappa shape index (κ3) is 6.99. The van der Waals surface area contributed by atoms with Crippen LogP contribution in [-0.4, -0.2) is 51.6 Å². The molecule has 4 N–H and O–H groups in total. The van der Waals surface area contributed by atoms with Crippen molar-refractivity contribution in [3.05, 3.63) is 51.4 Å². The highest BCUT2D eigenvalue weighted by Crippen LogP contribution is 2.38. The Labute approximate surface area is 218 Å². The number of nitrogens with two attached hydrogens (primary N) is 2. The highest BCUT2D eigenvalue weighted by Gasteiger charge is 2.39. The van der Waals surface area contributed by atoms with Gasteiger partial charge in [0.2, 0.25) is 11.2 Å². The summed E-state index contributed by atoms with van der Waals surface area (Å²) in [4.78, 5) is 11.3. The quantitative estimate of drug-likeness (QED) is 0.129. The van der Waals surface area contributed by atoms with E-state index in [-0.39, 0.29) is 40.5 Å². The summed E-state index contributed by atoms with van der Waals surface area (Å²) in [5.74, 6) is 5.73. The van der Waals surface area contributed by atoms with Gasteiger partial charge in [0.1, 0.15) is 5.02 Å². The zero-order valence-corrected chi connectivity index (χ0v) is 21.2. The molecule has 16 heteroatoms. The van der Waals surface area contributed by atoms with Crippen LogP contribution in [0.1, 0.15) is 36.5 Å². The second-order valence-electron chi connectivity index (χ2n) is 8.49. The van der Waals surface area contributed by atoms with Crippen molar-refractivity contribution in [2.75, 3.05) is 18.5 Å². The van der Waals surface area contributed by atoms with Crippen molar-refractivity contribution in [1.29, 1.82) is 0 Å². The van der Waals surface area contributed by atoms with E-state index in [1.54, 1.807) is 0 Å². The summed E-state index contributed by atoms with van der Waals surface area (Å²) >= 11 is 12.2. The Hall–Kier alpha value is -2.71. The SMILES string of the molecule is CC[C@@H]1C[C@H](N(Cc2cc(C(F)(F)F)cc(C(F)(F)F)c2)/C(N)=N/N(C)N)CN1c1nc(Cl)ncc1Cl. The summed E-state index contributed by atoms with van der Waals surface area (Å²) in [5.41, 5.74) is 3.03. The summed E-state index contributed by atoms with van der Waals surface area (Å²) in [5, 5.41) is 5.02. The zero-order valence-electron chi connectivity index (χ0n) is 19.7. The fourth-order valence-electron chi connectivity index (χ4n) is 4.23. The van der Waals surface area contributed by atoms with Gasteiger partial charge in [-0.2, -0.15) is 31.3 Å². The molecule has 0 unspecified atom stereocenters. The van der Waals surface area contributed by atoms with E-state index in [9.17, 15) is 26.3 Å². The molecule has 37 heavy (non-hydrogen) atoms. The van der Waals surface area contributed by atoms with Gasteiger partial charge < -0.3 is 15.5 Å². The molecule has 0 radical (unpaired) electrons. The molecule has 0 spiro atoms. The van der Waals surface area contributed by atoms with Gasteiger partial charge in [-0.1, -0.05) is 18.5 Å². The Morgan fingerprint density at radius 1 is 1.14 bits per heavy atom. The van der Waals surface area contributed by atoms with Crippen LogP contribution >= 0.6 is 23.2 Å². The van der Waals surface area contributed by atoms with Crippen LogP contribution in [0.3, 0.4) is 0 Å². The average molecular weight is 573 g/mol. The number of benzene rings is 1. The molecule has 1 saturated heterocycles. The van der Waals surface area contributed by atoms with Gasteiger partial charge in [0, 0.05) is 26.2 Å². The summed E-state index contributed by atoms with van der Waals surface area (Å²) in [6, 6.07) is 0.748. The smallest absolute Gasteiger partial charge is 0.368 e. The van der Waals surface area contributed by atoms with Crippen molar-refractivity contribution in [2.24, 2.45) is 16.7 Å². The minimum atomic E-state index is -4.99. The third-order valence-corrected chi connectivity index (χ3v) is 6.28. The second-order valence-corrected chi connectivity index (χ2v) is 9.23. The van der Waals surface area contributed by atoms with Crippen molar-refractivity contribution >= 4 is 35.0 Å². The largest absolute Gasteiger partial charge is 0.416 e. The lowest BCUT2D eigenvalue weighted by Gasteiger charge is -2.31. The lowest BCUT2D eigenvalue weighted by atomic mass is 10.0. The lowest BCUT2D eigenvalue weighted by molar-refractivity contribution is -0.143. The second kappa shape index (κ2) is 11.0. The maximum absolute atomic E-state index is 13.4. The zero-order chi connectivity index (χ0) is 27.7. The molecule has 1 aromatic heterocycles. The van der Waals surface area contributed by atoms with Crippen LogP contribution < -0.4 is 16.5 Å².